The van der Waals surface area contributed by atoms with Gasteiger partial charge in [0.1, 0.15) is 24.1 Å². The van der Waals surface area contributed by atoms with E-state index in [1.54, 1.807) is 24.7 Å². The maximum absolute atomic E-state index is 14.8. The van der Waals surface area contributed by atoms with Gasteiger partial charge >= 0.3 is 0 Å². The fourth-order valence-corrected chi connectivity index (χ4v) is 4.41. The third-order valence-corrected chi connectivity index (χ3v) is 5.99. The van der Waals surface area contributed by atoms with Crippen molar-refractivity contribution in [2.45, 2.75) is 43.6 Å². The summed E-state index contributed by atoms with van der Waals surface area (Å²) < 4.78 is 14.8. The Bertz CT molecular complexity index is 1010. The normalized spacial score (nSPS) is 26.5. The Kier molecular flexibility index (Phi) is 4.08. The number of halogens is 1. The van der Waals surface area contributed by atoms with Crippen molar-refractivity contribution in [1.82, 2.24) is 25.3 Å². The molecule has 144 valence electrons. The van der Waals surface area contributed by atoms with E-state index in [1.165, 1.54) is 6.33 Å². The Morgan fingerprint density at radius 3 is 2.86 bits per heavy atom. The summed E-state index contributed by atoms with van der Waals surface area (Å²) in [5.74, 6) is 0.702. The van der Waals surface area contributed by atoms with Crippen LogP contribution in [0.25, 0.3) is 22.2 Å². The minimum Gasteiger partial charge on any atom is -0.506 e. The molecule has 0 aliphatic carbocycles. The fraction of sp³-hybridized carbons (Fsp3) is 0.400. The lowest BCUT2D eigenvalue weighted by Crippen LogP contribution is -2.55. The molecule has 1 unspecified atom stereocenters. The molecule has 2 aromatic heterocycles. The van der Waals surface area contributed by atoms with Crippen molar-refractivity contribution in [3.8, 4) is 17.0 Å². The lowest BCUT2D eigenvalue weighted by atomic mass is 9.96. The number of hydrogen-bond donors (Lipinski definition) is 2. The first-order valence-corrected chi connectivity index (χ1v) is 9.49. The van der Waals surface area contributed by atoms with Crippen LogP contribution >= 0.6 is 0 Å². The summed E-state index contributed by atoms with van der Waals surface area (Å²) in [6.45, 7) is 0. The highest BCUT2D eigenvalue weighted by Crippen LogP contribution is 2.35. The average molecular weight is 380 g/mol. The van der Waals surface area contributed by atoms with Crippen molar-refractivity contribution in [3.05, 3.63) is 37.1 Å². The summed E-state index contributed by atoms with van der Waals surface area (Å²) >= 11 is 0. The summed E-state index contributed by atoms with van der Waals surface area (Å²) in [7, 11) is 1.87. The molecule has 2 aliphatic rings. The predicted molar refractivity (Wildman–Crippen MR) is 104 cm³/mol. The highest BCUT2D eigenvalue weighted by Gasteiger charge is 2.43. The molecule has 2 saturated heterocycles. The molecule has 1 aromatic carbocycles. The number of benzene rings is 1. The SMILES string of the molecule is CN(c1cnc(-c2ccc3ncncc3c2O)cn1)[C@@H]1CC2CC[C@H](N2)[C@@H]1F. The monoisotopic (exact) mass is 380 g/mol. The standard InChI is InChI=1S/C20H21FN6O/c1-27(17-6-11-2-4-15(26-11)19(17)21)18-9-23-16(8-24-18)12-3-5-14-13(20(12)28)7-22-10-25-14/h3,5,7-11,15,17,19,26,28H,2,4,6H2,1H3/t11?,15-,17+,19-/m0/s1. The van der Waals surface area contributed by atoms with Crippen LogP contribution in [0.4, 0.5) is 10.2 Å². The number of hydrogen-bond acceptors (Lipinski definition) is 7. The van der Waals surface area contributed by atoms with Crippen LogP contribution in [0.3, 0.4) is 0 Å². The smallest absolute Gasteiger partial charge is 0.147 e. The Labute approximate surface area is 161 Å². The molecular formula is C20H21FN6O. The molecule has 7 nitrogen and oxygen atoms in total. The molecule has 8 heteroatoms. The lowest BCUT2D eigenvalue weighted by Gasteiger charge is -2.38. The van der Waals surface area contributed by atoms with Crippen molar-refractivity contribution < 1.29 is 9.50 Å². The highest BCUT2D eigenvalue weighted by molar-refractivity contribution is 5.91. The second-order valence-electron chi connectivity index (χ2n) is 7.58. The predicted octanol–water partition coefficient (Wildman–Crippen LogP) is 2.46. The van der Waals surface area contributed by atoms with Gasteiger partial charge in [-0.25, -0.2) is 19.3 Å². The van der Waals surface area contributed by atoms with Crippen LogP contribution in [0.5, 0.6) is 5.75 Å². The number of fused-ring (bicyclic) bond motifs is 3. The molecule has 28 heavy (non-hydrogen) atoms. The van der Waals surface area contributed by atoms with E-state index in [0.29, 0.717) is 34.0 Å². The Balaban J connectivity index is 1.42. The summed E-state index contributed by atoms with van der Waals surface area (Å²) in [5, 5.41) is 14.5. The van der Waals surface area contributed by atoms with E-state index in [0.717, 1.165) is 19.3 Å². The molecule has 2 N–H and O–H groups in total. The van der Waals surface area contributed by atoms with Crippen LogP contribution in [0, 0.1) is 0 Å². The number of aromatic nitrogens is 4. The number of nitrogens with one attached hydrogen (secondary N) is 1. The molecular weight excluding hydrogens is 359 g/mol. The van der Waals surface area contributed by atoms with Gasteiger partial charge < -0.3 is 15.3 Å². The zero-order chi connectivity index (χ0) is 19.3. The fourth-order valence-electron chi connectivity index (χ4n) is 4.41. The van der Waals surface area contributed by atoms with Crippen LogP contribution in [-0.4, -0.2) is 56.4 Å². The van der Waals surface area contributed by atoms with E-state index >= 15 is 0 Å². The van der Waals surface area contributed by atoms with Gasteiger partial charge in [-0.1, -0.05) is 0 Å². The van der Waals surface area contributed by atoms with Crippen molar-refractivity contribution in [3.63, 3.8) is 0 Å². The number of aromatic hydroxyl groups is 1. The van der Waals surface area contributed by atoms with Gasteiger partial charge in [0.15, 0.2) is 0 Å². The first kappa shape index (κ1) is 17.2. The topological polar surface area (TPSA) is 87.1 Å². The number of alkyl halides is 1. The molecule has 2 fully saturated rings. The molecule has 5 rings (SSSR count). The van der Waals surface area contributed by atoms with Gasteiger partial charge in [-0.05, 0) is 31.4 Å². The van der Waals surface area contributed by atoms with E-state index in [-0.39, 0.29) is 17.8 Å². The van der Waals surface area contributed by atoms with Crippen LogP contribution < -0.4 is 10.2 Å². The van der Waals surface area contributed by atoms with Crippen LogP contribution in [0.2, 0.25) is 0 Å². The molecule has 2 aliphatic heterocycles. The highest BCUT2D eigenvalue weighted by atomic mass is 19.1. The van der Waals surface area contributed by atoms with Gasteiger partial charge in [0, 0.05) is 30.9 Å². The van der Waals surface area contributed by atoms with Gasteiger partial charge in [0.05, 0.1) is 35.0 Å². The molecule has 2 bridgehead atoms. The number of phenols is 1. The van der Waals surface area contributed by atoms with E-state index in [2.05, 4.69) is 25.3 Å². The van der Waals surface area contributed by atoms with Crippen molar-refractivity contribution >= 4 is 16.7 Å². The van der Waals surface area contributed by atoms with Gasteiger partial charge in [-0.3, -0.25) is 4.98 Å². The van der Waals surface area contributed by atoms with Gasteiger partial charge in [-0.2, -0.15) is 0 Å². The maximum Gasteiger partial charge on any atom is 0.147 e. The molecule has 4 heterocycles. The summed E-state index contributed by atoms with van der Waals surface area (Å²) in [4.78, 5) is 19.0. The minimum absolute atomic E-state index is 0.0600. The van der Waals surface area contributed by atoms with E-state index in [1.807, 2.05) is 18.0 Å². The van der Waals surface area contributed by atoms with E-state index in [9.17, 15) is 9.50 Å². The second kappa shape index (κ2) is 6.63. The Morgan fingerprint density at radius 1 is 1.14 bits per heavy atom. The maximum atomic E-state index is 14.8. The molecule has 0 spiro atoms. The summed E-state index contributed by atoms with van der Waals surface area (Å²) in [6.07, 6.45) is 8.03. The Hall–Kier alpha value is -2.87. The first-order valence-electron chi connectivity index (χ1n) is 9.49. The molecule has 3 aromatic rings. The van der Waals surface area contributed by atoms with Crippen LogP contribution in [-0.2, 0) is 0 Å². The number of piperidine rings is 1. The first-order chi connectivity index (χ1) is 13.6. The quantitative estimate of drug-likeness (QED) is 0.722. The average Bonchev–Trinajstić information content (AvgIpc) is 3.14. The third-order valence-electron chi connectivity index (χ3n) is 5.99. The van der Waals surface area contributed by atoms with Crippen molar-refractivity contribution in [2.75, 3.05) is 11.9 Å². The molecule has 0 radical (unpaired) electrons. The van der Waals surface area contributed by atoms with Crippen molar-refractivity contribution in [1.29, 1.82) is 0 Å². The van der Waals surface area contributed by atoms with Crippen LogP contribution in [0.15, 0.2) is 37.1 Å². The zero-order valence-electron chi connectivity index (χ0n) is 15.5. The van der Waals surface area contributed by atoms with E-state index in [4.69, 9.17) is 0 Å². The zero-order valence-corrected chi connectivity index (χ0v) is 15.5. The minimum atomic E-state index is -0.922. The summed E-state index contributed by atoms with van der Waals surface area (Å²) in [6, 6.07) is 3.70. The molecule has 4 atom stereocenters. The van der Waals surface area contributed by atoms with Gasteiger partial charge in [0.2, 0.25) is 0 Å². The molecule has 0 amide bonds. The number of phenolic OH excluding ortho intramolecular Hbond substituents is 1. The largest absolute Gasteiger partial charge is 0.506 e. The second-order valence-corrected chi connectivity index (χ2v) is 7.58. The number of rotatable bonds is 3. The third kappa shape index (κ3) is 2.75. The van der Waals surface area contributed by atoms with Gasteiger partial charge in [-0.15, -0.1) is 0 Å². The van der Waals surface area contributed by atoms with E-state index < -0.39 is 6.17 Å². The van der Waals surface area contributed by atoms with Gasteiger partial charge in [0.25, 0.3) is 0 Å². The van der Waals surface area contributed by atoms with Crippen molar-refractivity contribution in [2.24, 2.45) is 0 Å². The molecule has 0 saturated carbocycles. The van der Waals surface area contributed by atoms with Crippen LogP contribution in [0.1, 0.15) is 19.3 Å². The number of anilines is 1. The Morgan fingerprint density at radius 2 is 2.04 bits per heavy atom. The number of nitrogens with zero attached hydrogens (tertiary/aromatic N) is 5. The summed E-state index contributed by atoms with van der Waals surface area (Å²) in [5.41, 5.74) is 1.77. The lowest BCUT2D eigenvalue weighted by molar-refractivity contribution is 0.176.